The molecule has 1 aliphatic rings. The van der Waals surface area contributed by atoms with Crippen molar-refractivity contribution in [2.24, 2.45) is 5.73 Å². The molecular weight excluding hydrogens is 271 g/mol. The highest BCUT2D eigenvalue weighted by Crippen LogP contribution is 2.41. The summed E-state index contributed by atoms with van der Waals surface area (Å²) in [5.74, 6) is 0.0784. The zero-order valence-electron chi connectivity index (χ0n) is 10.7. The molecule has 1 atom stereocenters. The van der Waals surface area contributed by atoms with Crippen molar-refractivity contribution in [1.82, 2.24) is 0 Å². The molecule has 0 spiro atoms. The molecule has 106 valence electrons. The number of benzene rings is 1. The Balaban J connectivity index is 2.15. The van der Waals surface area contributed by atoms with Crippen LogP contribution in [0.4, 0.5) is 13.2 Å². The molecule has 1 aliphatic carbocycles. The Labute approximate surface area is 115 Å². The van der Waals surface area contributed by atoms with Crippen molar-refractivity contribution >= 4 is 11.8 Å². The summed E-state index contributed by atoms with van der Waals surface area (Å²) in [5.41, 5.74) is 3.90. The maximum Gasteiger partial charge on any atom is 0.441 e. The van der Waals surface area contributed by atoms with Crippen molar-refractivity contribution in [3.05, 3.63) is 35.4 Å². The molecule has 0 aromatic heterocycles. The van der Waals surface area contributed by atoms with E-state index in [9.17, 15) is 13.2 Å². The third-order valence-electron chi connectivity index (χ3n) is 3.93. The van der Waals surface area contributed by atoms with Gasteiger partial charge in [0.25, 0.3) is 0 Å². The summed E-state index contributed by atoms with van der Waals surface area (Å²) in [7, 11) is 0. The Morgan fingerprint density at radius 3 is 2.68 bits per heavy atom. The van der Waals surface area contributed by atoms with Gasteiger partial charge in [-0.05, 0) is 36.8 Å². The van der Waals surface area contributed by atoms with Gasteiger partial charge < -0.3 is 5.73 Å². The number of fused-ring (bicyclic) bond motifs is 1. The van der Waals surface area contributed by atoms with E-state index in [1.807, 2.05) is 18.2 Å². The van der Waals surface area contributed by atoms with Crippen molar-refractivity contribution in [1.29, 1.82) is 0 Å². The molecule has 0 heterocycles. The molecule has 0 saturated heterocycles. The second-order valence-corrected chi connectivity index (χ2v) is 6.20. The second kappa shape index (κ2) is 5.75. The summed E-state index contributed by atoms with van der Waals surface area (Å²) in [5, 5.41) is 0. The molecule has 1 unspecified atom stereocenters. The highest BCUT2D eigenvalue weighted by Gasteiger charge is 2.36. The first-order valence-electron chi connectivity index (χ1n) is 6.46. The van der Waals surface area contributed by atoms with Gasteiger partial charge in [0, 0.05) is 17.7 Å². The van der Waals surface area contributed by atoms with E-state index in [1.54, 1.807) is 0 Å². The van der Waals surface area contributed by atoms with Gasteiger partial charge in [-0.1, -0.05) is 36.0 Å². The molecule has 1 aromatic carbocycles. The molecular formula is C14H18F3NS. The van der Waals surface area contributed by atoms with Gasteiger partial charge in [0.2, 0.25) is 0 Å². The van der Waals surface area contributed by atoms with Crippen LogP contribution in [0.5, 0.6) is 0 Å². The van der Waals surface area contributed by atoms with Gasteiger partial charge in [-0.15, -0.1) is 0 Å². The van der Waals surface area contributed by atoms with Crippen LogP contribution in [-0.4, -0.2) is 17.8 Å². The Kier molecular flexibility index (Phi) is 4.46. The minimum atomic E-state index is -4.15. The lowest BCUT2D eigenvalue weighted by Gasteiger charge is -2.38. The van der Waals surface area contributed by atoms with Crippen LogP contribution in [0.2, 0.25) is 0 Å². The highest BCUT2D eigenvalue weighted by atomic mass is 32.2. The summed E-state index contributed by atoms with van der Waals surface area (Å²) >= 11 is 0.0602. The molecule has 0 aliphatic heterocycles. The van der Waals surface area contributed by atoms with Crippen LogP contribution in [0.25, 0.3) is 0 Å². The first-order valence-corrected chi connectivity index (χ1v) is 7.45. The van der Waals surface area contributed by atoms with E-state index in [0.717, 1.165) is 24.8 Å². The molecule has 5 heteroatoms. The standard InChI is InChI=1S/C14H18F3NS/c15-14(16,17)19-9-8-13(10-18)7-3-5-11-4-1-2-6-12(11)13/h1-2,4,6H,3,5,7-10,18H2. The monoisotopic (exact) mass is 289 g/mol. The van der Waals surface area contributed by atoms with Crippen LogP contribution in [0.1, 0.15) is 30.4 Å². The number of alkyl halides is 3. The summed E-state index contributed by atoms with van der Waals surface area (Å²) in [6.45, 7) is 0.419. The fraction of sp³-hybridized carbons (Fsp3) is 0.571. The first kappa shape index (κ1) is 14.7. The molecule has 2 N–H and O–H groups in total. The Hall–Kier alpha value is -0.680. The number of thioether (sulfide) groups is 1. The van der Waals surface area contributed by atoms with Gasteiger partial charge in [0.05, 0.1) is 0 Å². The predicted molar refractivity (Wildman–Crippen MR) is 73.2 cm³/mol. The molecule has 19 heavy (non-hydrogen) atoms. The van der Waals surface area contributed by atoms with E-state index in [4.69, 9.17) is 5.73 Å². The number of nitrogens with two attached hydrogens (primary N) is 1. The third-order valence-corrected chi connectivity index (χ3v) is 4.66. The van der Waals surface area contributed by atoms with E-state index in [2.05, 4.69) is 6.07 Å². The van der Waals surface area contributed by atoms with Crippen LogP contribution >= 0.6 is 11.8 Å². The van der Waals surface area contributed by atoms with Crippen LogP contribution in [0.15, 0.2) is 24.3 Å². The van der Waals surface area contributed by atoms with E-state index in [0.29, 0.717) is 13.0 Å². The van der Waals surface area contributed by atoms with Crippen molar-refractivity contribution in [2.45, 2.75) is 36.6 Å². The Morgan fingerprint density at radius 1 is 1.26 bits per heavy atom. The number of hydrogen-bond acceptors (Lipinski definition) is 2. The van der Waals surface area contributed by atoms with E-state index in [1.165, 1.54) is 5.56 Å². The van der Waals surface area contributed by atoms with Gasteiger partial charge >= 0.3 is 5.51 Å². The Bertz CT molecular complexity index is 433. The summed E-state index contributed by atoms with van der Waals surface area (Å²) in [6.07, 6.45) is 3.39. The molecule has 1 aromatic rings. The zero-order valence-corrected chi connectivity index (χ0v) is 11.5. The van der Waals surface area contributed by atoms with Crippen LogP contribution in [0.3, 0.4) is 0 Å². The average Bonchev–Trinajstić information content (AvgIpc) is 2.37. The number of rotatable bonds is 4. The maximum atomic E-state index is 12.3. The van der Waals surface area contributed by atoms with E-state index >= 15 is 0 Å². The highest BCUT2D eigenvalue weighted by molar-refractivity contribution is 8.00. The van der Waals surface area contributed by atoms with Crippen molar-refractivity contribution in [2.75, 3.05) is 12.3 Å². The summed E-state index contributed by atoms with van der Waals surface area (Å²) in [6, 6.07) is 8.02. The molecule has 0 amide bonds. The van der Waals surface area contributed by atoms with Gasteiger partial charge in [0.1, 0.15) is 0 Å². The Morgan fingerprint density at radius 2 is 2.00 bits per heavy atom. The fourth-order valence-electron chi connectivity index (χ4n) is 2.94. The normalized spacial score (nSPS) is 23.2. The maximum absolute atomic E-state index is 12.3. The fourth-order valence-corrected chi connectivity index (χ4v) is 3.67. The van der Waals surface area contributed by atoms with Gasteiger partial charge in [-0.3, -0.25) is 0 Å². The predicted octanol–water partition coefficient (Wildman–Crippen LogP) is 3.86. The number of halogens is 3. The summed E-state index contributed by atoms with van der Waals surface area (Å²) < 4.78 is 36.8. The number of hydrogen-bond donors (Lipinski definition) is 1. The van der Waals surface area contributed by atoms with Gasteiger partial charge in [0.15, 0.2) is 0 Å². The van der Waals surface area contributed by atoms with Crippen molar-refractivity contribution in [3.63, 3.8) is 0 Å². The lowest BCUT2D eigenvalue weighted by Crippen LogP contribution is -2.39. The number of aryl methyl sites for hydroxylation is 1. The third kappa shape index (κ3) is 3.45. The SMILES string of the molecule is NCC1(CCSC(F)(F)F)CCCc2ccccc21. The van der Waals surface area contributed by atoms with Crippen LogP contribution in [0, 0.1) is 0 Å². The van der Waals surface area contributed by atoms with E-state index < -0.39 is 5.51 Å². The zero-order chi connectivity index (χ0) is 13.9. The summed E-state index contributed by atoms with van der Waals surface area (Å²) in [4.78, 5) is 0. The molecule has 0 fully saturated rings. The van der Waals surface area contributed by atoms with Gasteiger partial charge in [-0.25, -0.2) is 0 Å². The smallest absolute Gasteiger partial charge is 0.330 e. The molecule has 1 nitrogen and oxygen atoms in total. The lowest BCUT2D eigenvalue weighted by molar-refractivity contribution is -0.0328. The van der Waals surface area contributed by atoms with Crippen LogP contribution < -0.4 is 5.73 Å². The molecule has 0 radical (unpaired) electrons. The second-order valence-electron chi connectivity index (χ2n) is 5.04. The van der Waals surface area contributed by atoms with Gasteiger partial charge in [-0.2, -0.15) is 13.2 Å². The van der Waals surface area contributed by atoms with Crippen molar-refractivity contribution in [3.8, 4) is 0 Å². The molecule has 2 rings (SSSR count). The van der Waals surface area contributed by atoms with Crippen molar-refractivity contribution < 1.29 is 13.2 Å². The first-order chi connectivity index (χ1) is 8.97. The molecule has 0 bridgehead atoms. The quantitative estimate of drug-likeness (QED) is 0.910. The lowest BCUT2D eigenvalue weighted by atomic mass is 9.68. The van der Waals surface area contributed by atoms with Crippen LogP contribution in [-0.2, 0) is 11.8 Å². The minimum absolute atomic E-state index is 0.0602. The minimum Gasteiger partial charge on any atom is -0.330 e. The molecule has 0 saturated carbocycles. The van der Waals surface area contributed by atoms with E-state index in [-0.39, 0.29) is 22.9 Å². The average molecular weight is 289 g/mol. The topological polar surface area (TPSA) is 26.0 Å². The largest absolute Gasteiger partial charge is 0.441 e.